The second-order valence-electron chi connectivity index (χ2n) is 4.00. The summed E-state index contributed by atoms with van der Waals surface area (Å²) >= 11 is 12.0. The molecule has 0 aromatic heterocycles. The molecule has 1 N–H and O–H groups in total. The van der Waals surface area contributed by atoms with Gasteiger partial charge in [0.2, 0.25) is 0 Å². The van der Waals surface area contributed by atoms with Crippen LogP contribution in [-0.2, 0) is 11.3 Å². The first-order valence-electron chi connectivity index (χ1n) is 5.51. The molecule has 88 valence electrons. The predicted octanol–water partition coefficient (Wildman–Crippen LogP) is 3.26. The highest BCUT2D eigenvalue weighted by Crippen LogP contribution is 2.20. The maximum absolute atomic E-state index is 6.09. The quantitative estimate of drug-likeness (QED) is 0.900. The van der Waals surface area contributed by atoms with Crippen LogP contribution < -0.4 is 5.32 Å². The molecule has 0 radical (unpaired) electrons. The van der Waals surface area contributed by atoms with Crippen molar-refractivity contribution in [3.63, 3.8) is 0 Å². The SMILES string of the molecule is Clc1ccc(Cl)c(CNC2CCOCC2)c1. The molecular weight excluding hydrogens is 245 g/mol. The second-order valence-corrected chi connectivity index (χ2v) is 4.85. The molecule has 1 aliphatic heterocycles. The highest BCUT2D eigenvalue weighted by molar-refractivity contribution is 6.33. The van der Waals surface area contributed by atoms with Crippen molar-refractivity contribution < 1.29 is 4.74 Å². The topological polar surface area (TPSA) is 21.3 Å². The van der Waals surface area contributed by atoms with Crippen LogP contribution in [-0.4, -0.2) is 19.3 Å². The Kier molecular flexibility index (Phi) is 4.47. The molecule has 0 atom stereocenters. The molecule has 0 unspecified atom stereocenters. The van der Waals surface area contributed by atoms with Gasteiger partial charge in [-0.2, -0.15) is 0 Å². The van der Waals surface area contributed by atoms with E-state index in [1.54, 1.807) is 0 Å². The van der Waals surface area contributed by atoms with E-state index in [1.807, 2.05) is 18.2 Å². The first-order chi connectivity index (χ1) is 7.75. The third-order valence-electron chi connectivity index (χ3n) is 2.81. The zero-order valence-electron chi connectivity index (χ0n) is 9.01. The van der Waals surface area contributed by atoms with E-state index in [4.69, 9.17) is 27.9 Å². The fraction of sp³-hybridized carbons (Fsp3) is 0.500. The smallest absolute Gasteiger partial charge is 0.0480 e. The van der Waals surface area contributed by atoms with Gasteiger partial charge in [0.25, 0.3) is 0 Å². The van der Waals surface area contributed by atoms with E-state index in [0.29, 0.717) is 6.04 Å². The number of hydrogen-bond donors (Lipinski definition) is 1. The van der Waals surface area contributed by atoms with E-state index in [1.165, 1.54) is 0 Å². The molecule has 0 spiro atoms. The van der Waals surface area contributed by atoms with Crippen molar-refractivity contribution in [3.8, 4) is 0 Å². The fourth-order valence-electron chi connectivity index (χ4n) is 1.83. The monoisotopic (exact) mass is 259 g/mol. The molecule has 1 aromatic carbocycles. The standard InChI is InChI=1S/C12H15Cl2NO/c13-10-1-2-12(14)9(7-10)8-15-11-3-5-16-6-4-11/h1-2,7,11,15H,3-6,8H2. The van der Waals surface area contributed by atoms with Gasteiger partial charge in [0.15, 0.2) is 0 Å². The van der Waals surface area contributed by atoms with Crippen molar-refractivity contribution in [2.24, 2.45) is 0 Å². The van der Waals surface area contributed by atoms with Crippen LogP contribution in [0.25, 0.3) is 0 Å². The van der Waals surface area contributed by atoms with Crippen molar-refractivity contribution >= 4 is 23.2 Å². The van der Waals surface area contributed by atoms with Crippen LogP contribution in [0, 0.1) is 0 Å². The first-order valence-corrected chi connectivity index (χ1v) is 6.26. The first kappa shape index (κ1) is 12.2. The summed E-state index contributed by atoms with van der Waals surface area (Å²) in [5.74, 6) is 0. The summed E-state index contributed by atoms with van der Waals surface area (Å²) in [6.45, 7) is 2.46. The molecule has 1 fully saturated rings. The summed E-state index contributed by atoms with van der Waals surface area (Å²) in [6, 6.07) is 6.09. The maximum Gasteiger partial charge on any atom is 0.0480 e. The van der Waals surface area contributed by atoms with Gasteiger partial charge < -0.3 is 10.1 Å². The Morgan fingerprint density at radius 2 is 2.00 bits per heavy atom. The highest BCUT2D eigenvalue weighted by Gasteiger charge is 2.13. The number of hydrogen-bond acceptors (Lipinski definition) is 2. The van der Waals surface area contributed by atoms with Crippen molar-refractivity contribution in [2.45, 2.75) is 25.4 Å². The maximum atomic E-state index is 6.09. The van der Waals surface area contributed by atoms with Crippen molar-refractivity contribution in [2.75, 3.05) is 13.2 Å². The Labute approximate surface area is 106 Å². The van der Waals surface area contributed by atoms with Gasteiger partial charge in [-0.15, -0.1) is 0 Å². The second kappa shape index (κ2) is 5.87. The predicted molar refractivity (Wildman–Crippen MR) is 67.1 cm³/mol. The molecule has 0 amide bonds. The van der Waals surface area contributed by atoms with Gasteiger partial charge in [-0.05, 0) is 36.6 Å². The summed E-state index contributed by atoms with van der Waals surface area (Å²) in [5, 5.41) is 4.98. The summed E-state index contributed by atoms with van der Waals surface area (Å²) < 4.78 is 5.31. The molecule has 16 heavy (non-hydrogen) atoms. The van der Waals surface area contributed by atoms with E-state index in [2.05, 4.69) is 5.32 Å². The molecular formula is C12H15Cl2NO. The van der Waals surface area contributed by atoms with Crippen LogP contribution >= 0.6 is 23.2 Å². The Morgan fingerprint density at radius 3 is 2.75 bits per heavy atom. The Bertz CT molecular complexity index is 351. The van der Waals surface area contributed by atoms with Crippen molar-refractivity contribution in [3.05, 3.63) is 33.8 Å². The number of benzene rings is 1. The highest BCUT2D eigenvalue weighted by atomic mass is 35.5. The molecule has 4 heteroatoms. The summed E-state index contributed by atoms with van der Waals surface area (Å²) in [6.07, 6.45) is 2.14. The molecule has 1 aromatic rings. The van der Waals surface area contributed by atoms with Crippen LogP contribution in [0.5, 0.6) is 0 Å². The van der Waals surface area contributed by atoms with Crippen molar-refractivity contribution in [1.29, 1.82) is 0 Å². The van der Waals surface area contributed by atoms with Gasteiger partial charge in [0.1, 0.15) is 0 Å². The average Bonchev–Trinajstić information content (AvgIpc) is 2.32. The number of ether oxygens (including phenoxy) is 1. The van der Waals surface area contributed by atoms with Gasteiger partial charge >= 0.3 is 0 Å². The Morgan fingerprint density at radius 1 is 1.25 bits per heavy atom. The van der Waals surface area contributed by atoms with E-state index in [0.717, 1.165) is 48.2 Å². The van der Waals surface area contributed by atoms with Crippen LogP contribution in [0.1, 0.15) is 18.4 Å². The van der Waals surface area contributed by atoms with Crippen LogP contribution in [0.4, 0.5) is 0 Å². The van der Waals surface area contributed by atoms with Gasteiger partial charge in [-0.1, -0.05) is 23.2 Å². The van der Waals surface area contributed by atoms with E-state index in [9.17, 15) is 0 Å². The van der Waals surface area contributed by atoms with E-state index in [-0.39, 0.29) is 0 Å². The fourth-order valence-corrected chi connectivity index (χ4v) is 2.21. The molecule has 1 heterocycles. The minimum absolute atomic E-state index is 0.531. The lowest BCUT2D eigenvalue weighted by atomic mass is 10.1. The summed E-state index contributed by atoms with van der Waals surface area (Å²) in [7, 11) is 0. The average molecular weight is 260 g/mol. The largest absolute Gasteiger partial charge is 0.381 e. The summed E-state index contributed by atoms with van der Waals surface area (Å²) in [4.78, 5) is 0. The molecule has 2 nitrogen and oxygen atoms in total. The Balaban J connectivity index is 1.90. The molecule has 1 aliphatic rings. The third-order valence-corrected chi connectivity index (χ3v) is 3.41. The van der Waals surface area contributed by atoms with Gasteiger partial charge in [-0.3, -0.25) is 0 Å². The number of rotatable bonds is 3. The summed E-state index contributed by atoms with van der Waals surface area (Å²) in [5.41, 5.74) is 1.06. The number of nitrogens with one attached hydrogen (secondary N) is 1. The minimum atomic E-state index is 0.531. The lowest BCUT2D eigenvalue weighted by molar-refractivity contribution is 0.0776. The molecule has 0 aliphatic carbocycles. The minimum Gasteiger partial charge on any atom is -0.381 e. The van der Waals surface area contributed by atoms with Crippen LogP contribution in [0.15, 0.2) is 18.2 Å². The molecule has 0 saturated carbocycles. The van der Waals surface area contributed by atoms with E-state index < -0.39 is 0 Å². The van der Waals surface area contributed by atoms with E-state index >= 15 is 0 Å². The normalized spacial score (nSPS) is 17.6. The van der Waals surface area contributed by atoms with Gasteiger partial charge in [0, 0.05) is 35.8 Å². The van der Waals surface area contributed by atoms with Gasteiger partial charge in [-0.25, -0.2) is 0 Å². The Hall–Kier alpha value is -0.280. The van der Waals surface area contributed by atoms with Crippen molar-refractivity contribution in [1.82, 2.24) is 5.32 Å². The molecule has 0 bridgehead atoms. The van der Waals surface area contributed by atoms with Crippen LogP contribution in [0.2, 0.25) is 10.0 Å². The zero-order chi connectivity index (χ0) is 11.4. The number of halogens is 2. The molecule has 2 rings (SSSR count). The van der Waals surface area contributed by atoms with Gasteiger partial charge in [0.05, 0.1) is 0 Å². The lowest BCUT2D eigenvalue weighted by Crippen LogP contribution is -2.34. The molecule has 1 saturated heterocycles. The third kappa shape index (κ3) is 3.36. The lowest BCUT2D eigenvalue weighted by Gasteiger charge is -2.23. The van der Waals surface area contributed by atoms with Crippen LogP contribution in [0.3, 0.4) is 0 Å². The zero-order valence-corrected chi connectivity index (χ0v) is 10.5.